The van der Waals surface area contributed by atoms with Crippen molar-refractivity contribution in [3.8, 4) is 0 Å². The molecule has 1 rings (SSSR count). The Labute approximate surface area is 101 Å². The number of nitrogens with zero attached hydrogens (tertiary/aromatic N) is 3. The summed E-state index contributed by atoms with van der Waals surface area (Å²) in [4.78, 5) is 13.6. The molecular weight excluding hydrogens is 234 g/mol. The molecule has 0 bridgehead atoms. The molecule has 90 valence electrons. The zero-order valence-corrected chi connectivity index (χ0v) is 10.9. The molecule has 0 fully saturated rings. The molecular formula is C11H15N3O2Si. The Kier molecular flexibility index (Phi) is 4.31. The topological polar surface area (TPSA) is 86.1 Å². The van der Waals surface area contributed by atoms with Crippen LogP contribution in [0.5, 0.6) is 0 Å². The van der Waals surface area contributed by atoms with Gasteiger partial charge >= 0.3 is 5.97 Å². The second kappa shape index (κ2) is 5.52. The maximum atomic E-state index is 11.0. The van der Waals surface area contributed by atoms with Gasteiger partial charge in [-0.1, -0.05) is 53.7 Å². The molecule has 0 aliphatic rings. The largest absolute Gasteiger partial charge is 0.481 e. The second-order valence-electron chi connectivity index (χ2n) is 4.51. The van der Waals surface area contributed by atoms with Crippen molar-refractivity contribution in [3.05, 3.63) is 40.8 Å². The fraction of sp³-hybridized carbons (Fsp3) is 0.364. The van der Waals surface area contributed by atoms with E-state index in [-0.39, 0.29) is 0 Å². The molecule has 1 N–H and O–H groups in total. The van der Waals surface area contributed by atoms with Crippen LogP contribution in [0.3, 0.4) is 0 Å². The van der Waals surface area contributed by atoms with Crippen LogP contribution in [0.15, 0.2) is 35.4 Å². The van der Waals surface area contributed by atoms with Crippen molar-refractivity contribution < 1.29 is 9.90 Å². The number of hydrogen-bond acceptors (Lipinski definition) is 2. The van der Waals surface area contributed by atoms with Crippen LogP contribution in [-0.4, -0.2) is 25.2 Å². The van der Waals surface area contributed by atoms with Gasteiger partial charge in [0.1, 0.15) is 6.04 Å². The summed E-state index contributed by atoms with van der Waals surface area (Å²) in [6.45, 7) is 4.15. The molecule has 17 heavy (non-hydrogen) atoms. The second-order valence-corrected chi connectivity index (χ2v) is 9.27. The lowest BCUT2D eigenvalue weighted by Crippen LogP contribution is -2.45. The number of rotatable bonds is 5. The van der Waals surface area contributed by atoms with E-state index in [0.717, 1.165) is 0 Å². The summed E-state index contributed by atoms with van der Waals surface area (Å²) >= 11 is 0. The third-order valence-electron chi connectivity index (χ3n) is 2.74. The number of azide groups is 1. The van der Waals surface area contributed by atoms with Gasteiger partial charge in [0.05, 0.1) is 8.07 Å². The molecule has 0 amide bonds. The summed E-state index contributed by atoms with van der Waals surface area (Å²) in [5, 5.41) is 13.5. The fourth-order valence-electron chi connectivity index (χ4n) is 1.73. The Morgan fingerprint density at radius 2 is 2.06 bits per heavy atom. The minimum atomic E-state index is -1.89. The maximum Gasteiger partial charge on any atom is 0.312 e. The van der Waals surface area contributed by atoms with Crippen LogP contribution in [0, 0.1) is 0 Å². The first-order valence-electron chi connectivity index (χ1n) is 5.30. The SMILES string of the molecule is C[Si](C)(C[C@H](N=[N+]=[N-])C(=O)O)c1ccccc1. The summed E-state index contributed by atoms with van der Waals surface area (Å²) in [5.41, 5.74) is 8.36. The Balaban J connectivity index is 2.92. The van der Waals surface area contributed by atoms with Crippen LogP contribution in [0.2, 0.25) is 19.1 Å². The lowest BCUT2D eigenvalue weighted by molar-refractivity contribution is -0.138. The molecule has 0 saturated heterocycles. The number of carbonyl (C=O) groups is 1. The van der Waals surface area contributed by atoms with Crippen molar-refractivity contribution in [2.45, 2.75) is 25.2 Å². The number of aliphatic carboxylic acids is 1. The van der Waals surface area contributed by atoms with Crippen molar-refractivity contribution in [1.82, 2.24) is 0 Å². The normalized spacial score (nSPS) is 12.6. The molecule has 0 saturated carbocycles. The van der Waals surface area contributed by atoms with Gasteiger partial charge in [0.15, 0.2) is 0 Å². The molecule has 0 heterocycles. The first-order chi connectivity index (χ1) is 7.97. The molecule has 6 heteroatoms. The third-order valence-corrected chi connectivity index (χ3v) is 6.04. The number of carboxylic acids is 1. The molecule has 0 aromatic heterocycles. The Morgan fingerprint density at radius 3 is 2.53 bits per heavy atom. The van der Waals surface area contributed by atoms with Crippen molar-refractivity contribution in [1.29, 1.82) is 0 Å². The van der Waals surface area contributed by atoms with E-state index in [1.807, 2.05) is 30.3 Å². The summed E-state index contributed by atoms with van der Waals surface area (Å²) in [6.07, 6.45) is 0. The Morgan fingerprint density at radius 1 is 1.47 bits per heavy atom. The maximum absolute atomic E-state index is 11.0. The fourth-order valence-corrected chi connectivity index (χ4v) is 4.28. The van der Waals surface area contributed by atoms with Gasteiger partial charge in [0, 0.05) is 4.91 Å². The van der Waals surface area contributed by atoms with E-state index >= 15 is 0 Å². The first kappa shape index (κ1) is 13.3. The molecule has 0 unspecified atom stereocenters. The standard InChI is InChI=1S/C11H15N3O2Si/c1-17(2,9-6-4-3-5-7-9)8-10(11(15)16)13-14-12/h3-7,10H,8H2,1-2H3,(H,15,16)/t10-/m0/s1. The Hall–Kier alpha value is -1.78. The van der Waals surface area contributed by atoms with Crippen molar-refractivity contribution in [2.24, 2.45) is 5.11 Å². The van der Waals surface area contributed by atoms with Crippen molar-refractivity contribution in [2.75, 3.05) is 0 Å². The molecule has 1 atom stereocenters. The summed E-state index contributed by atoms with van der Waals surface area (Å²) < 4.78 is 0. The van der Waals surface area contributed by atoms with Crippen molar-refractivity contribution >= 4 is 19.2 Å². The van der Waals surface area contributed by atoms with E-state index < -0.39 is 20.1 Å². The molecule has 0 aliphatic heterocycles. The highest BCUT2D eigenvalue weighted by Crippen LogP contribution is 2.15. The van der Waals surface area contributed by atoms with E-state index in [1.54, 1.807) is 0 Å². The zero-order chi connectivity index (χ0) is 12.9. The number of hydrogen-bond donors (Lipinski definition) is 1. The van der Waals surface area contributed by atoms with Gasteiger partial charge in [-0.25, -0.2) is 0 Å². The highest BCUT2D eigenvalue weighted by molar-refractivity contribution is 6.90. The van der Waals surface area contributed by atoms with Crippen LogP contribution in [-0.2, 0) is 4.79 Å². The summed E-state index contributed by atoms with van der Waals surface area (Å²) in [6, 6.07) is 9.25. The van der Waals surface area contributed by atoms with Gasteiger partial charge in [0.2, 0.25) is 0 Å². The molecule has 0 radical (unpaired) electrons. The summed E-state index contributed by atoms with van der Waals surface area (Å²) in [7, 11) is -1.89. The number of carboxylic acid groups (broad SMARTS) is 1. The van der Waals surface area contributed by atoms with E-state index in [4.69, 9.17) is 10.6 Å². The third kappa shape index (κ3) is 3.62. The van der Waals surface area contributed by atoms with Crippen LogP contribution < -0.4 is 5.19 Å². The lowest BCUT2D eigenvalue weighted by Gasteiger charge is -2.24. The van der Waals surface area contributed by atoms with Crippen LogP contribution in [0.1, 0.15) is 0 Å². The molecule has 1 aromatic carbocycles. The first-order valence-corrected chi connectivity index (χ1v) is 8.50. The van der Waals surface area contributed by atoms with E-state index in [1.165, 1.54) is 5.19 Å². The molecule has 0 aliphatic carbocycles. The molecule has 1 aromatic rings. The van der Waals surface area contributed by atoms with Gasteiger partial charge in [-0.05, 0) is 11.6 Å². The zero-order valence-electron chi connectivity index (χ0n) is 9.87. The summed E-state index contributed by atoms with van der Waals surface area (Å²) in [5.74, 6) is -1.06. The highest BCUT2D eigenvalue weighted by atomic mass is 28.3. The lowest BCUT2D eigenvalue weighted by atomic mass is 10.4. The van der Waals surface area contributed by atoms with Gasteiger partial charge in [-0.2, -0.15) is 0 Å². The number of benzene rings is 1. The Bertz CT molecular complexity index is 439. The highest BCUT2D eigenvalue weighted by Gasteiger charge is 2.30. The smallest absolute Gasteiger partial charge is 0.312 e. The predicted octanol–water partition coefficient (Wildman–Crippen LogP) is 2.37. The average Bonchev–Trinajstić information content (AvgIpc) is 2.29. The van der Waals surface area contributed by atoms with Gasteiger partial charge in [-0.3, -0.25) is 4.79 Å². The molecule has 0 spiro atoms. The van der Waals surface area contributed by atoms with Crippen molar-refractivity contribution in [3.63, 3.8) is 0 Å². The van der Waals surface area contributed by atoms with E-state index in [9.17, 15) is 4.79 Å². The minimum absolute atomic E-state index is 0.413. The van der Waals surface area contributed by atoms with Crippen LogP contribution >= 0.6 is 0 Å². The predicted molar refractivity (Wildman–Crippen MR) is 68.9 cm³/mol. The van der Waals surface area contributed by atoms with Gasteiger partial charge in [0.25, 0.3) is 0 Å². The van der Waals surface area contributed by atoms with E-state index in [0.29, 0.717) is 6.04 Å². The van der Waals surface area contributed by atoms with Gasteiger partial charge in [-0.15, -0.1) is 0 Å². The van der Waals surface area contributed by atoms with Gasteiger partial charge < -0.3 is 5.11 Å². The monoisotopic (exact) mass is 249 g/mol. The average molecular weight is 249 g/mol. The minimum Gasteiger partial charge on any atom is -0.481 e. The quantitative estimate of drug-likeness (QED) is 0.376. The molecule has 5 nitrogen and oxygen atoms in total. The van der Waals surface area contributed by atoms with Crippen LogP contribution in [0.4, 0.5) is 0 Å². The van der Waals surface area contributed by atoms with Crippen LogP contribution in [0.25, 0.3) is 10.4 Å². The van der Waals surface area contributed by atoms with E-state index in [2.05, 4.69) is 23.1 Å².